The molecule has 8 nitrogen and oxygen atoms in total. The predicted octanol–water partition coefficient (Wildman–Crippen LogP) is 1.82. The number of aromatic nitrogens is 1. The molecule has 146 valence electrons. The van der Waals surface area contributed by atoms with Gasteiger partial charge in [0, 0.05) is 6.54 Å². The maximum Gasteiger partial charge on any atom is 0.313 e. The van der Waals surface area contributed by atoms with Crippen molar-refractivity contribution in [1.82, 2.24) is 9.88 Å². The summed E-state index contributed by atoms with van der Waals surface area (Å²) >= 11 is 0. The lowest BCUT2D eigenvalue weighted by Gasteiger charge is -2.38. The molecule has 0 bridgehead atoms. The van der Waals surface area contributed by atoms with Crippen LogP contribution in [0, 0.1) is 5.92 Å². The van der Waals surface area contributed by atoms with Crippen LogP contribution in [0.1, 0.15) is 41.7 Å². The Kier molecular flexibility index (Phi) is 5.58. The molecule has 0 saturated carbocycles. The Morgan fingerprint density at radius 3 is 2.61 bits per heavy atom. The van der Waals surface area contributed by atoms with Crippen LogP contribution in [0.2, 0.25) is 0 Å². The van der Waals surface area contributed by atoms with E-state index in [2.05, 4.69) is 10.3 Å². The monoisotopic (exact) mass is 382 g/mol. The number of likely N-dealkylation sites (tertiary alicyclic amines) is 1. The van der Waals surface area contributed by atoms with Crippen molar-refractivity contribution in [2.45, 2.75) is 25.8 Å². The summed E-state index contributed by atoms with van der Waals surface area (Å²) in [6.07, 6.45) is 2.89. The fourth-order valence-corrected chi connectivity index (χ4v) is 3.42. The molecule has 8 heteroatoms. The number of benzene rings is 1. The quantitative estimate of drug-likeness (QED) is 0.698. The van der Waals surface area contributed by atoms with E-state index in [1.165, 1.54) is 6.07 Å². The van der Waals surface area contributed by atoms with E-state index in [1.807, 2.05) is 37.3 Å². The van der Waals surface area contributed by atoms with Crippen LogP contribution < -0.4 is 11.1 Å². The number of anilines is 1. The zero-order chi connectivity index (χ0) is 20.3. The van der Waals surface area contributed by atoms with E-state index in [-0.39, 0.29) is 23.2 Å². The Morgan fingerprint density at radius 1 is 1.21 bits per heavy atom. The van der Waals surface area contributed by atoms with Gasteiger partial charge >= 0.3 is 11.8 Å². The zero-order valence-electron chi connectivity index (χ0n) is 15.5. The van der Waals surface area contributed by atoms with Crippen molar-refractivity contribution in [3.63, 3.8) is 0 Å². The van der Waals surface area contributed by atoms with Crippen molar-refractivity contribution in [2.75, 3.05) is 11.9 Å². The van der Waals surface area contributed by atoms with E-state index in [4.69, 9.17) is 5.73 Å². The minimum atomic E-state index is -0.888. The van der Waals surface area contributed by atoms with Gasteiger partial charge in [0.05, 0.1) is 17.9 Å². The molecule has 3 amide bonds. The number of nitrogens with zero attached hydrogens (tertiary/aromatic N) is 2. The van der Waals surface area contributed by atoms with E-state index < -0.39 is 23.6 Å². The molecule has 2 atom stereocenters. The number of pyridine rings is 1. The topological polar surface area (TPSA) is 126 Å². The molecule has 1 fully saturated rings. The highest BCUT2D eigenvalue weighted by Gasteiger charge is 2.34. The van der Waals surface area contributed by atoms with Crippen molar-refractivity contribution in [3.05, 3.63) is 53.7 Å². The molecular weight excluding hydrogens is 360 g/mol. The molecular formula is C20H22N4O4. The Morgan fingerprint density at radius 2 is 1.93 bits per heavy atom. The summed E-state index contributed by atoms with van der Waals surface area (Å²) in [4.78, 5) is 41.9. The maximum atomic E-state index is 12.9. The summed E-state index contributed by atoms with van der Waals surface area (Å²) in [5.41, 5.74) is 6.01. The van der Waals surface area contributed by atoms with Gasteiger partial charge in [0.15, 0.2) is 0 Å². The maximum absolute atomic E-state index is 12.9. The van der Waals surface area contributed by atoms with Crippen LogP contribution in [-0.4, -0.2) is 39.3 Å². The first-order valence-electron chi connectivity index (χ1n) is 9.02. The average molecular weight is 382 g/mol. The molecule has 4 N–H and O–H groups in total. The Labute approximate surface area is 162 Å². The number of primary amides is 1. The molecule has 28 heavy (non-hydrogen) atoms. The number of nitrogens with one attached hydrogen (secondary N) is 1. The summed E-state index contributed by atoms with van der Waals surface area (Å²) in [6, 6.07) is 10.6. The van der Waals surface area contributed by atoms with Crippen LogP contribution in [0.25, 0.3) is 0 Å². The lowest BCUT2D eigenvalue weighted by Crippen LogP contribution is -2.46. The number of carbonyl (C=O) groups is 3. The molecule has 3 rings (SSSR count). The van der Waals surface area contributed by atoms with E-state index in [0.717, 1.165) is 24.6 Å². The summed E-state index contributed by atoms with van der Waals surface area (Å²) < 4.78 is 0. The highest BCUT2D eigenvalue weighted by Crippen LogP contribution is 2.33. The minimum Gasteiger partial charge on any atom is -0.493 e. The lowest BCUT2D eigenvalue weighted by molar-refractivity contribution is -0.146. The van der Waals surface area contributed by atoms with Gasteiger partial charge in [-0.05, 0) is 30.4 Å². The number of carbonyl (C=O) groups excluding carboxylic acids is 3. The molecule has 1 aromatic heterocycles. The first-order chi connectivity index (χ1) is 13.4. The first kappa shape index (κ1) is 19.3. The number of aromatic hydroxyl groups is 1. The fraction of sp³-hybridized carbons (Fsp3) is 0.300. The predicted molar refractivity (Wildman–Crippen MR) is 102 cm³/mol. The number of hydrogen-bond donors (Lipinski definition) is 3. The molecule has 2 aromatic rings. The van der Waals surface area contributed by atoms with Gasteiger partial charge in [-0.3, -0.25) is 14.4 Å². The number of hydrogen-bond acceptors (Lipinski definition) is 5. The van der Waals surface area contributed by atoms with Crippen molar-refractivity contribution >= 4 is 23.4 Å². The van der Waals surface area contributed by atoms with Crippen LogP contribution in [0.5, 0.6) is 5.88 Å². The van der Waals surface area contributed by atoms with Crippen molar-refractivity contribution in [1.29, 1.82) is 0 Å². The largest absolute Gasteiger partial charge is 0.493 e. The van der Waals surface area contributed by atoms with Crippen LogP contribution in [0.15, 0.2) is 42.6 Å². The SMILES string of the molecule is C[C@H]1CC[C@H](c2ccccc2)N(C(=O)C(=O)Nc2cnc(O)c(C(N)=O)c2)C1. The second kappa shape index (κ2) is 8.08. The van der Waals surface area contributed by atoms with Gasteiger partial charge in [0.25, 0.3) is 5.91 Å². The van der Waals surface area contributed by atoms with Gasteiger partial charge in [-0.1, -0.05) is 37.3 Å². The third kappa shape index (κ3) is 4.11. The molecule has 0 aliphatic carbocycles. The zero-order valence-corrected chi connectivity index (χ0v) is 15.5. The van der Waals surface area contributed by atoms with E-state index >= 15 is 0 Å². The Balaban J connectivity index is 1.80. The summed E-state index contributed by atoms with van der Waals surface area (Å²) in [5, 5.41) is 12.0. The Hall–Kier alpha value is -3.42. The van der Waals surface area contributed by atoms with Crippen molar-refractivity contribution in [3.8, 4) is 5.88 Å². The van der Waals surface area contributed by atoms with Crippen molar-refractivity contribution in [2.24, 2.45) is 11.7 Å². The highest BCUT2D eigenvalue weighted by molar-refractivity contribution is 6.39. The van der Waals surface area contributed by atoms with E-state index in [1.54, 1.807) is 4.90 Å². The number of amides is 3. The second-order valence-corrected chi connectivity index (χ2v) is 6.98. The Bertz CT molecular complexity index is 900. The van der Waals surface area contributed by atoms with Crippen LogP contribution in [-0.2, 0) is 9.59 Å². The molecule has 1 aliphatic heterocycles. The third-order valence-corrected chi connectivity index (χ3v) is 4.85. The standard InChI is InChI=1S/C20H22N4O4/c1-12-7-8-16(13-5-3-2-4-6-13)24(11-12)20(28)19(27)23-14-9-15(17(21)25)18(26)22-10-14/h2-6,9-10,12,16H,7-8,11H2,1H3,(H2,21,25)(H,22,26)(H,23,27)/t12-,16+/m0/s1. The van der Waals surface area contributed by atoms with Crippen LogP contribution in [0.4, 0.5) is 5.69 Å². The van der Waals surface area contributed by atoms with Gasteiger partial charge in [0.2, 0.25) is 5.88 Å². The lowest BCUT2D eigenvalue weighted by atomic mass is 9.90. The normalized spacial score (nSPS) is 19.1. The number of piperidine rings is 1. The fourth-order valence-electron chi connectivity index (χ4n) is 3.42. The van der Waals surface area contributed by atoms with Gasteiger partial charge in [-0.2, -0.15) is 0 Å². The molecule has 1 aromatic carbocycles. The van der Waals surface area contributed by atoms with Crippen molar-refractivity contribution < 1.29 is 19.5 Å². The smallest absolute Gasteiger partial charge is 0.313 e. The molecule has 0 spiro atoms. The summed E-state index contributed by atoms with van der Waals surface area (Å²) in [5.74, 6) is -2.63. The van der Waals surface area contributed by atoms with E-state index in [9.17, 15) is 19.5 Å². The molecule has 1 aliphatic rings. The number of rotatable bonds is 3. The number of nitrogens with two attached hydrogens (primary N) is 1. The molecule has 0 radical (unpaired) electrons. The van der Waals surface area contributed by atoms with E-state index in [0.29, 0.717) is 6.54 Å². The average Bonchev–Trinajstić information content (AvgIpc) is 2.69. The summed E-state index contributed by atoms with van der Waals surface area (Å²) in [6.45, 7) is 2.52. The second-order valence-electron chi connectivity index (χ2n) is 6.98. The van der Waals surface area contributed by atoms with Crippen LogP contribution in [0.3, 0.4) is 0 Å². The highest BCUT2D eigenvalue weighted by atomic mass is 16.3. The minimum absolute atomic E-state index is 0.103. The summed E-state index contributed by atoms with van der Waals surface area (Å²) in [7, 11) is 0. The van der Waals surface area contributed by atoms with Crippen LogP contribution >= 0.6 is 0 Å². The third-order valence-electron chi connectivity index (χ3n) is 4.85. The molecule has 0 unspecified atom stereocenters. The van der Waals surface area contributed by atoms with Gasteiger partial charge in [-0.25, -0.2) is 4.98 Å². The van der Waals surface area contributed by atoms with Gasteiger partial charge in [-0.15, -0.1) is 0 Å². The molecule has 1 saturated heterocycles. The molecule has 2 heterocycles. The van der Waals surface area contributed by atoms with Gasteiger partial charge < -0.3 is 21.1 Å². The van der Waals surface area contributed by atoms with Gasteiger partial charge in [0.1, 0.15) is 5.56 Å². The first-order valence-corrected chi connectivity index (χ1v) is 9.02.